The van der Waals surface area contributed by atoms with Gasteiger partial charge < -0.3 is 10.4 Å². The second kappa shape index (κ2) is 4.77. The van der Waals surface area contributed by atoms with Crippen LogP contribution in [0.25, 0.3) is 0 Å². The molecule has 0 heterocycles. The Morgan fingerprint density at radius 3 is 2.60 bits per heavy atom. The molecule has 1 aliphatic carbocycles. The van der Waals surface area contributed by atoms with Gasteiger partial charge in [-0.1, -0.05) is 30.3 Å². The van der Waals surface area contributed by atoms with E-state index in [2.05, 4.69) is 36.5 Å². The van der Waals surface area contributed by atoms with E-state index in [1.807, 2.05) is 6.07 Å². The minimum atomic E-state index is -0.156. The van der Waals surface area contributed by atoms with Crippen LogP contribution in [0.2, 0.25) is 0 Å². The van der Waals surface area contributed by atoms with Gasteiger partial charge in [0, 0.05) is 12.1 Å². The molecule has 2 heteroatoms. The lowest BCUT2D eigenvalue weighted by atomic mass is 10.1. The average Bonchev–Trinajstić information content (AvgIpc) is 2.66. The summed E-state index contributed by atoms with van der Waals surface area (Å²) in [6, 6.07) is 11.0. The van der Waals surface area contributed by atoms with Gasteiger partial charge in [-0.25, -0.2) is 0 Å². The highest BCUT2D eigenvalue weighted by Gasteiger charge is 2.26. The van der Waals surface area contributed by atoms with E-state index in [9.17, 15) is 5.11 Å². The van der Waals surface area contributed by atoms with Crippen molar-refractivity contribution in [1.82, 2.24) is 5.32 Å². The first-order valence-electron chi connectivity index (χ1n) is 5.76. The first kappa shape index (κ1) is 10.7. The maximum atomic E-state index is 9.72. The Kier molecular flexibility index (Phi) is 3.39. The normalized spacial score (nSPS) is 27.9. The van der Waals surface area contributed by atoms with Crippen molar-refractivity contribution in [2.75, 3.05) is 0 Å². The van der Waals surface area contributed by atoms with Crippen LogP contribution in [0.4, 0.5) is 0 Å². The smallest absolute Gasteiger partial charge is 0.0693 e. The molecule has 2 nitrogen and oxygen atoms in total. The summed E-state index contributed by atoms with van der Waals surface area (Å²) >= 11 is 0. The topological polar surface area (TPSA) is 32.3 Å². The van der Waals surface area contributed by atoms with Crippen LogP contribution in [0.3, 0.4) is 0 Å². The van der Waals surface area contributed by atoms with E-state index < -0.39 is 0 Å². The van der Waals surface area contributed by atoms with Crippen molar-refractivity contribution in [1.29, 1.82) is 0 Å². The van der Waals surface area contributed by atoms with Gasteiger partial charge in [-0.05, 0) is 31.7 Å². The zero-order chi connectivity index (χ0) is 10.7. The van der Waals surface area contributed by atoms with Gasteiger partial charge in [0.25, 0.3) is 0 Å². The molecule has 2 N–H and O–H groups in total. The summed E-state index contributed by atoms with van der Waals surface area (Å²) in [4.78, 5) is 0. The molecule has 82 valence electrons. The Labute approximate surface area is 91.3 Å². The number of hydrogen-bond acceptors (Lipinski definition) is 2. The molecule has 1 aromatic rings. The molecule has 0 saturated heterocycles. The van der Waals surface area contributed by atoms with Crippen LogP contribution in [0.1, 0.15) is 37.8 Å². The second-order valence-corrected chi connectivity index (χ2v) is 4.40. The summed E-state index contributed by atoms with van der Waals surface area (Å²) in [6.07, 6.45) is 3.02. The van der Waals surface area contributed by atoms with Crippen molar-refractivity contribution in [2.24, 2.45) is 0 Å². The molecule has 2 rings (SSSR count). The van der Waals surface area contributed by atoms with Crippen LogP contribution in [0.15, 0.2) is 30.3 Å². The summed E-state index contributed by atoms with van der Waals surface area (Å²) in [7, 11) is 0. The predicted molar refractivity (Wildman–Crippen MR) is 61.6 cm³/mol. The molecule has 0 spiro atoms. The minimum absolute atomic E-state index is 0.156. The van der Waals surface area contributed by atoms with Gasteiger partial charge in [0.1, 0.15) is 0 Å². The molecule has 0 radical (unpaired) electrons. The standard InChI is InChI=1S/C13H19NO/c1-10(11-6-3-2-4-7-11)14-12-8-5-9-13(12)15/h2-4,6-7,10,12-15H,5,8-9H2,1H3/t10?,12?,13-/m0/s1. The van der Waals surface area contributed by atoms with E-state index in [4.69, 9.17) is 0 Å². The number of aliphatic hydroxyl groups is 1. The van der Waals surface area contributed by atoms with Gasteiger partial charge in [0.15, 0.2) is 0 Å². The maximum Gasteiger partial charge on any atom is 0.0693 e. The predicted octanol–water partition coefficient (Wildman–Crippen LogP) is 2.25. The third-order valence-corrected chi connectivity index (χ3v) is 3.24. The van der Waals surface area contributed by atoms with Crippen LogP contribution < -0.4 is 5.32 Å². The monoisotopic (exact) mass is 205 g/mol. The molecule has 1 aliphatic rings. The zero-order valence-electron chi connectivity index (χ0n) is 9.19. The molecular formula is C13H19NO. The molecule has 0 aliphatic heterocycles. The SMILES string of the molecule is CC(NC1CCC[C@@H]1O)c1ccccc1. The molecule has 3 atom stereocenters. The van der Waals surface area contributed by atoms with Crippen molar-refractivity contribution in [2.45, 2.75) is 44.4 Å². The first-order valence-corrected chi connectivity index (χ1v) is 5.76. The molecule has 0 aromatic heterocycles. The Morgan fingerprint density at radius 2 is 2.00 bits per heavy atom. The average molecular weight is 205 g/mol. The van der Waals surface area contributed by atoms with Crippen LogP contribution in [0.5, 0.6) is 0 Å². The highest BCUT2D eigenvalue weighted by atomic mass is 16.3. The summed E-state index contributed by atoms with van der Waals surface area (Å²) in [6.45, 7) is 2.15. The van der Waals surface area contributed by atoms with E-state index in [1.165, 1.54) is 5.56 Å². The van der Waals surface area contributed by atoms with E-state index in [1.54, 1.807) is 0 Å². The highest BCUT2D eigenvalue weighted by molar-refractivity contribution is 5.18. The summed E-state index contributed by atoms with van der Waals surface area (Å²) in [5.74, 6) is 0. The van der Waals surface area contributed by atoms with E-state index >= 15 is 0 Å². The Morgan fingerprint density at radius 1 is 1.27 bits per heavy atom. The van der Waals surface area contributed by atoms with Crippen molar-refractivity contribution < 1.29 is 5.11 Å². The van der Waals surface area contributed by atoms with Crippen LogP contribution in [-0.4, -0.2) is 17.3 Å². The van der Waals surface area contributed by atoms with Crippen LogP contribution in [0, 0.1) is 0 Å². The first-order chi connectivity index (χ1) is 7.27. The van der Waals surface area contributed by atoms with Crippen LogP contribution >= 0.6 is 0 Å². The maximum absolute atomic E-state index is 9.72. The molecule has 1 saturated carbocycles. The number of aliphatic hydroxyl groups excluding tert-OH is 1. The lowest BCUT2D eigenvalue weighted by Crippen LogP contribution is -2.37. The molecular weight excluding hydrogens is 186 g/mol. The lowest BCUT2D eigenvalue weighted by molar-refractivity contribution is 0.144. The summed E-state index contributed by atoms with van der Waals surface area (Å²) in [5, 5.41) is 13.2. The summed E-state index contributed by atoms with van der Waals surface area (Å²) in [5.41, 5.74) is 1.29. The van der Waals surface area contributed by atoms with Gasteiger partial charge in [-0.15, -0.1) is 0 Å². The Bertz CT molecular complexity index is 299. The van der Waals surface area contributed by atoms with E-state index in [-0.39, 0.29) is 12.1 Å². The molecule has 2 unspecified atom stereocenters. The fraction of sp³-hybridized carbons (Fsp3) is 0.538. The number of rotatable bonds is 3. The molecule has 0 amide bonds. The molecule has 1 fully saturated rings. The van der Waals surface area contributed by atoms with Crippen molar-refractivity contribution in [3.05, 3.63) is 35.9 Å². The lowest BCUT2D eigenvalue weighted by Gasteiger charge is -2.22. The number of benzene rings is 1. The van der Waals surface area contributed by atoms with Crippen molar-refractivity contribution in [3.63, 3.8) is 0 Å². The van der Waals surface area contributed by atoms with Gasteiger partial charge in [-0.2, -0.15) is 0 Å². The van der Waals surface area contributed by atoms with Gasteiger partial charge in [0.2, 0.25) is 0 Å². The van der Waals surface area contributed by atoms with Crippen LogP contribution in [-0.2, 0) is 0 Å². The third-order valence-electron chi connectivity index (χ3n) is 3.24. The van der Waals surface area contributed by atoms with Crippen molar-refractivity contribution >= 4 is 0 Å². The molecule has 15 heavy (non-hydrogen) atoms. The Balaban J connectivity index is 1.95. The second-order valence-electron chi connectivity index (χ2n) is 4.40. The molecule has 1 aromatic carbocycles. The Hall–Kier alpha value is -0.860. The quantitative estimate of drug-likeness (QED) is 0.793. The largest absolute Gasteiger partial charge is 0.392 e. The third kappa shape index (κ3) is 2.58. The van der Waals surface area contributed by atoms with E-state index in [0.717, 1.165) is 19.3 Å². The van der Waals surface area contributed by atoms with Crippen molar-refractivity contribution in [3.8, 4) is 0 Å². The van der Waals surface area contributed by atoms with Gasteiger partial charge >= 0.3 is 0 Å². The fourth-order valence-electron chi connectivity index (χ4n) is 2.29. The fourth-order valence-corrected chi connectivity index (χ4v) is 2.29. The van der Waals surface area contributed by atoms with Gasteiger partial charge in [-0.3, -0.25) is 0 Å². The van der Waals surface area contributed by atoms with E-state index in [0.29, 0.717) is 6.04 Å². The summed E-state index contributed by atoms with van der Waals surface area (Å²) < 4.78 is 0. The molecule has 0 bridgehead atoms. The number of nitrogens with one attached hydrogen (secondary N) is 1. The van der Waals surface area contributed by atoms with Gasteiger partial charge in [0.05, 0.1) is 6.10 Å². The highest BCUT2D eigenvalue weighted by Crippen LogP contribution is 2.22. The minimum Gasteiger partial charge on any atom is -0.392 e. The zero-order valence-corrected chi connectivity index (χ0v) is 9.19. The number of hydrogen-bond donors (Lipinski definition) is 2.